The van der Waals surface area contributed by atoms with Crippen molar-refractivity contribution in [1.82, 2.24) is 0 Å². The van der Waals surface area contributed by atoms with Crippen molar-refractivity contribution in [3.63, 3.8) is 0 Å². The van der Waals surface area contributed by atoms with Gasteiger partial charge in [-0.25, -0.2) is 0 Å². The van der Waals surface area contributed by atoms with Gasteiger partial charge in [0.15, 0.2) is 6.29 Å². The molecule has 12 unspecified atom stereocenters. The molecule has 1 saturated heterocycles. The minimum atomic E-state index is -0.627. The van der Waals surface area contributed by atoms with E-state index in [1.54, 1.807) is 5.57 Å². The lowest BCUT2D eigenvalue weighted by Gasteiger charge is -2.71. The molecule has 4 nitrogen and oxygen atoms in total. The average molecular weight is 473 g/mol. The van der Waals surface area contributed by atoms with E-state index in [-0.39, 0.29) is 39.8 Å². The molecule has 5 fully saturated rings. The SMILES string of the molecule is CC12CC(OC1O)C1(C)CCC3(C)C(=CCC4C5(C)CCC(O)C(C)(CO)C5CCC43C)C1C2. The highest BCUT2D eigenvalue weighted by atomic mass is 16.6. The molecule has 2 bridgehead atoms. The fraction of sp³-hybridized carbons (Fsp3) is 0.933. The van der Waals surface area contributed by atoms with Crippen LogP contribution >= 0.6 is 0 Å². The number of hydrogen-bond acceptors (Lipinski definition) is 4. The molecule has 0 aromatic carbocycles. The molecule has 3 N–H and O–H groups in total. The van der Waals surface area contributed by atoms with Crippen LogP contribution in [0.5, 0.6) is 0 Å². The van der Waals surface area contributed by atoms with Crippen LogP contribution in [0.25, 0.3) is 0 Å². The minimum Gasteiger partial charge on any atom is -0.396 e. The Bertz CT molecular complexity index is 915. The molecule has 0 aromatic rings. The minimum absolute atomic E-state index is 0.0823. The third-order valence-electron chi connectivity index (χ3n) is 13.9. The molecule has 0 spiro atoms. The van der Waals surface area contributed by atoms with Gasteiger partial charge in [0, 0.05) is 16.2 Å². The maximum Gasteiger partial charge on any atom is 0.160 e. The largest absolute Gasteiger partial charge is 0.396 e. The molecule has 0 radical (unpaired) electrons. The predicted octanol–water partition coefficient (Wildman–Crippen LogP) is 5.45. The van der Waals surface area contributed by atoms with E-state index in [4.69, 9.17) is 4.74 Å². The first kappa shape index (κ1) is 23.9. The Labute approximate surface area is 206 Å². The van der Waals surface area contributed by atoms with Crippen molar-refractivity contribution in [3.8, 4) is 0 Å². The zero-order valence-electron chi connectivity index (χ0n) is 22.4. The molecule has 1 heterocycles. The summed E-state index contributed by atoms with van der Waals surface area (Å²) in [6.45, 7) is 14.6. The lowest BCUT2D eigenvalue weighted by Crippen LogP contribution is -2.65. The van der Waals surface area contributed by atoms with E-state index in [1.165, 1.54) is 19.3 Å². The molecule has 1 aliphatic heterocycles. The monoisotopic (exact) mass is 472 g/mol. The molecule has 4 heteroatoms. The fourth-order valence-electron chi connectivity index (χ4n) is 11.2. The molecular formula is C30H48O4. The van der Waals surface area contributed by atoms with Crippen molar-refractivity contribution >= 4 is 0 Å². The van der Waals surface area contributed by atoms with E-state index < -0.39 is 17.8 Å². The van der Waals surface area contributed by atoms with Crippen LogP contribution in [-0.4, -0.2) is 40.4 Å². The molecule has 6 rings (SSSR count). The molecule has 6 aliphatic rings. The third-order valence-corrected chi connectivity index (χ3v) is 13.9. The van der Waals surface area contributed by atoms with Crippen LogP contribution in [0.3, 0.4) is 0 Å². The van der Waals surface area contributed by atoms with Crippen molar-refractivity contribution in [2.75, 3.05) is 6.61 Å². The van der Waals surface area contributed by atoms with Crippen LogP contribution in [0.4, 0.5) is 0 Å². The van der Waals surface area contributed by atoms with Gasteiger partial charge in [0.2, 0.25) is 0 Å². The van der Waals surface area contributed by atoms with Crippen molar-refractivity contribution in [2.45, 2.75) is 118 Å². The van der Waals surface area contributed by atoms with Crippen molar-refractivity contribution in [3.05, 3.63) is 11.6 Å². The Morgan fingerprint density at radius 1 is 0.882 bits per heavy atom. The summed E-state index contributed by atoms with van der Waals surface area (Å²) >= 11 is 0. The zero-order chi connectivity index (χ0) is 24.5. The number of aliphatic hydroxyl groups is 3. The summed E-state index contributed by atoms with van der Waals surface area (Å²) in [4.78, 5) is 0. The van der Waals surface area contributed by atoms with Crippen molar-refractivity contribution in [2.24, 2.45) is 50.2 Å². The molecule has 34 heavy (non-hydrogen) atoms. The first-order valence-corrected chi connectivity index (χ1v) is 14.1. The third kappa shape index (κ3) is 2.55. The molecular weight excluding hydrogens is 424 g/mol. The van der Waals surface area contributed by atoms with Gasteiger partial charge in [-0.05, 0) is 91.8 Å². The summed E-state index contributed by atoms with van der Waals surface area (Å²) < 4.78 is 6.22. The second-order valence-electron chi connectivity index (χ2n) is 15.1. The van der Waals surface area contributed by atoms with Crippen LogP contribution in [0.1, 0.15) is 99.3 Å². The second-order valence-corrected chi connectivity index (χ2v) is 15.1. The number of fused-ring (bicyclic) bond motifs is 10. The van der Waals surface area contributed by atoms with Gasteiger partial charge in [-0.3, -0.25) is 0 Å². The number of aliphatic hydroxyl groups excluding tert-OH is 3. The summed E-state index contributed by atoms with van der Waals surface area (Å²) in [5, 5.41) is 32.2. The topological polar surface area (TPSA) is 69.9 Å². The highest BCUT2D eigenvalue weighted by Gasteiger charge is 2.70. The number of allylic oxidation sites excluding steroid dienone is 2. The molecule has 4 saturated carbocycles. The van der Waals surface area contributed by atoms with Crippen LogP contribution in [0.15, 0.2) is 11.6 Å². The molecule has 5 aliphatic carbocycles. The van der Waals surface area contributed by atoms with E-state index in [0.717, 1.165) is 38.5 Å². The van der Waals surface area contributed by atoms with Gasteiger partial charge < -0.3 is 20.1 Å². The van der Waals surface area contributed by atoms with Gasteiger partial charge in [0.05, 0.1) is 18.8 Å². The lowest BCUT2D eigenvalue weighted by atomic mass is 9.33. The van der Waals surface area contributed by atoms with Gasteiger partial charge >= 0.3 is 0 Å². The number of hydrogen-bond donors (Lipinski definition) is 3. The Hall–Kier alpha value is -0.420. The molecule has 192 valence electrons. The highest BCUT2D eigenvalue weighted by Crippen LogP contribution is 2.76. The quantitative estimate of drug-likeness (QED) is 0.444. The Balaban J connectivity index is 1.42. The van der Waals surface area contributed by atoms with E-state index in [9.17, 15) is 15.3 Å². The van der Waals surface area contributed by atoms with E-state index in [0.29, 0.717) is 17.8 Å². The van der Waals surface area contributed by atoms with Gasteiger partial charge in [-0.1, -0.05) is 53.2 Å². The Morgan fingerprint density at radius 3 is 2.32 bits per heavy atom. The van der Waals surface area contributed by atoms with Crippen LogP contribution < -0.4 is 0 Å². The molecule has 0 amide bonds. The summed E-state index contributed by atoms with van der Waals surface area (Å²) in [6.07, 6.45) is 11.5. The Morgan fingerprint density at radius 2 is 1.62 bits per heavy atom. The molecule has 0 aromatic heterocycles. The normalized spacial score (nSPS) is 62.7. The van der Waals surface area contributed by atoms with E-state index in [2.05, 4.69) is 47.6 Å². The first-order chi connectivity index (χ1) is 15.8. The van der Waals surface area contributed by atoms with E-state index in [1.807, 2.05) is 0 Å². The average Bonchev–Trinajstić information content (AvgIpc) is 3.05. The van der Waals surface area contributed by atoms with Gasteiger partial charge in [0.25, 0.3) is 0 Å². The summed E-state index contributed by atoms with van der Waals surface area (Å²) in [7, 11) is 0. The highest BCUT2D eigenvalue weighted by molar-refractivity contribution is 5.34. The lowest BCUT2D eigenvalue weighted by molar-refractivity contribution is -0.216. The summed E-state index contributed by atoms with van der Waals surface area (Å²) in [6, 6.07) is 0. The predicted molar refractivity (Wildman–Crippen MR) is 133 cm³/mol. The zero-order valence-corrected chi connectivity index (χ0v) is 22.4. The smallest absolute Gasteiger partial charge is 0.160 e. The van der Waals surface area contributed by atoms with Gasteiger partial charge in [0.1, 0.15) is 0 Å². The van der Waals surface area contributed by atoms with Gasteiger partial charge in [-0.2, -0.15) is 0 Å². The number of rotatable bonds is 1. The fourth-order valence-corrected chi connectivity index (χ4v) is 11.2. The van der Waals surface area contributed by atoms with E-state index >= 15 is 0 Å². The summed E-state index contributed by atoms with van der Waals surface area (Å²) in [5.74, 6) is 1.44. The standard InChI is InChI=1S/C30H48O4/c1-25-15-19-18-7-8-21-27(3)11-10-22(32)28(4,17-31)20(27)9-12-30(21,6)29(18,5)14-13-26(19,2)23(16-25)34-24(25)33/h7,19-24,31-33H,8-17H2,1-6H3. The summed E-state index contributed by atoms with van der Waals surface area (Å²) in [5.41, 5.74) is 1.81. The van der Waals surface area contributed by atoms with Crippen molar-refractivity contribution in [1.29, 1.82) is 0 Å². The number of ether oxygens (including phenoxy) is 1. The van der Waals surface area contributed by atoms with Crippen LogP contribution in [0.2, 0.25) is 0 Å². The molecule has 12 atom stereocenters. The Kier molecular flexibility index (Phi) is 4.87. The maximum absolute atomic E-state index is 10.9. The maximum atomic E-state index is 10.9. The van der Waals surface area contributed by atoms with Crippen molar-refractivity contribution < 1.29 is 20.1 Å². The first-order valence-electron chi connectivity index (χ1n) is 14.1. The second kappa shape index (κ2) is 6.91. The van der Waals surface area contributed by atoms with Crippen LogP contribution in [0, 0.1) is 50.2 Å². The van der Waals surface area contributed by atoms with Crippen LogP contribution in [-0.2, 0) is 4.74 Å². The van der Waals surface area contributed by atoms with Gasteiger partial charge in [-0.15, -0.1) is 0 Å².